The molecule has 0 radical (unpaired) electrons. The maximum atomic E-state index is 12.3. The van der Waals surface area contributed by atoms with Gasteiger partial charge in [-0.05, 0) is 42.7 Å². The van der Waals surface area contributed by atoms with Crippen LogP contribution in [0.5, 0.6) is 0 Å². The summed E-state index contributed by atoms with van der Waals surface area (Å²) in [6.07, 6.45) is 2.02. The second kappa shape index (κ2) is 7.49. The lowest BCUT2D eigenvalue weighted by Crippen LogP contribution is -2.37. The normalized spacial score (nSPS) is 11.1. The van der Waals surface area contributed by atoms with Gasteiger partial charge in [-0.25, -0.2) is 8.42 Å². The molecule has 0 atom stereocenters. The minimum Gasteiger partial charge on any atom is -0.325 e. The number of carbonyl (C=O) groups is 1. The van der Waals surface area contributed by atoms with E-state index >= 15 is 0 Å². The molecule has 2 rings (SSSR count). The van der Waals surface area contributed by atoms with E-state index in [1.54, 1.807) is 12.1 Å². The van der Waals surface area contributed by atoms with Crippen LogP contribution in [0.2, 0.25) is 0 Å². The Bertz CT molecular complexity index is 814. The Hall–Kier alpha value is -2.34. The van der Waals surface area contributed by atoms with Crippen LogP contribution in [-0.2, 0) is 21.2 Å². The number of para-hydroxylation sites is 1. The maximum absolute atomic E-state index is 12.3. The molecule has 2 aromatic rings. The summed E-state index contributed by atoms with van der Waals surface area (Å²) in [5, 5.41) is 2.74. The average Bonchev–Trinajstić information content (AvgIpc) is 2.53. The fourth-order valence-electron chi connectivity index (χ4n) is 2.38. The van der Waals surface area contributed by atoms with Gasteiger partial charge < -0.3 is 5.32 Å². The number of carbonyl (C=O) groups excluding carboxylic acids is 1. The summed E-state index contributed by atoms with van der Waals surface area (Å²) in [6.45, 7) is 3.61. The molecule has 24 heavy (non-hydrogen) atoms. The number of amides is 1. The van der Waals surface area contributed by atoms with E-state index in [1.807, 2.05) is 43.3 Å². The topological polar surface area (TPSA) is 66.5 Å². The molecule has 5 nitrogen and oxygen atoms in total. The maximum Gasteiger partial charge on any atom is 0.245 e. The fourth-order valence-corrected chi connectivity index (χ4v) is 3.29. The molecular weight excluding hydrogens is 324 g/mol. The molecule has 128 valence electrons. The summed E-state index contributed by atoms with van der Waals surface area (Å²) >= 11 is 0. The van der Waals surface area contributed by atoms with Gasteiger partial charge in [-0.3, -0.25) is 9.10 Å². The Balaban J connectivity index is 2.17. The number of nitrogens with zero attached hydrogens (tertiary/aromatic N) is 1. The Labute approximate surface area is 143 Å². The summed E-state index contributed by atoms with van der Waals surface area (Å²) in [4.78, 5) is 12.3. The predicted octanol–water partition coefficient (Wildman–Crippen LogP) is 2.96. The monoisotopic (exact) mass is 346 g/mol. The highest BCUT2D eigenvalue weighted by atomic mass is 32.2. The van der Waals surface area contributed by atoms with Crippen molar-refractivity contribution in [1.29, 1.82) is 0 Å². The number of hydrogen-bond acceptors (Lipinski definition) is 3. The molecule has 0 fully saturated rings. The Morgan fingerprint density at radius 2 is 1.71 bits per heavy atom. The van der Waals surface area contributed by atoms with Crippen molar-refractivity contribution < 1.29 is 13.2 Å². The zero-order valence-corrected chi connectivity index (χ0v) is 14.9. The molecule has 0 unspecified atom stereocenters. The first kappa shape index (κ1) is 18.0. The standard InChI is InChI=1S/C18H22N2O3S/c1-4-15-9-11-16(12-10-15)19-18(21)13-20(24(3,22)23)17-8-6-5-7-14(17)2/h5-12H,4,13H2,1-3H3,(H,19,21). The zero-order chi connectivity index (χ0) is 17.7. The molecular formula is C18H22N2O3S. The van der Waals surface area contributed by atoms with Gasteiger partial charge in [0.15, 0.2) is 0 Å². The van der Waals surface area contributed by atoms with Crippen molar-refractivity contribution in [3.05, 3.63) is 59.7 Å². The number of benzene rings is 2. The van der Waals surface area contributed by atoms with Crippen LogP contribution in [0.3, 0.4) is 0 Å². The lowest BCUT2D eigenvalue weighted by atomic mass is 10.1. The van der Waals surface area contributed by atoms with Crippen LogP contribution in [0, 0.1) is 6.92 Å². The molecule has 0 aliphatic carbocycles. The first-order valence-electron chi connectivity index (χ1n) is 7.73. The van der Waals surface area contributed by atoms with E-state index in [-0.39, 0.29) is 12.5 Å². The third-order valence-electron chi connectivity index (χ3n) is 3.72. The van der Waals surface area contributed by atoms with Gasteiger partial charge in [0.1, 0.15) is 6.54 Å². The molecule has 0 heterocycles. The lowest BCUT2D eigenvalue weighted by molar-refractivity contribution is -0.114. The van der Waals surface area contributed by atoms with Gasteiger partial charge in [-0.2, -0.15) is 0 Å². The van der Waals surface area contributed by atoms with Crippen molar-refractivity contribution >= 4 is 27.3 Å². The predicted molar refractivity (Wildman–Crippen MR) is 97.8 cm³/mol. The van der Waals surface area contributed by atoms with Crippen molar-refractivity contribution in [1.82, 2.24) is 0 Å². The molecule has 0 spiro atoms. The minimum atomic E-state index is -3.57. The summed E-state index contributed by atoms with van der Waals surface area (Å²) in [6, 6.07) is 14.6. The van der Waals surface area contributed by atoms with E-state index in [2.05, 4.69) is 12.2 Å². The van der Waals surface area contributed by atoms with Gasteiger partial charge in [0.2, 0.25) is 15.9 Å². The van der Waals surface area contributed by atoms with Crippen LogP contribution >= 0.6 is 0 Å². The first-order valence-corrected chi connectivity index (χ1v) is 9.58. The van der Waals surface area contributed by atoms with Crippen LogP contribution in [0.4, 0.5) is 11.4 Å². The van der Waals surface area contributed by atoms with Gasteiger partial charge in [-0.1, -0.05) is 37.3 Å². The number of nitrogens with one attached hydrogen (secondary N) is 1. The van der Waals surface area contributed by atoms with Crippen LogP contribution in [-0.4, -0.2) is 27.1 Å². The summed E-state index contributed by atoms with van der Waals surface area (Å²) < 4.78 is 25.3. The van der Waals surface area contributed by atoms with E-state index in [0.29, 0.717) is 11.4 Å². The van der Waals surface area contributed by atoms with Crippen molar-refractivity contribution in [2.45, 2.75) is 20.3 Å². The van der Waals surface area contributed by atoms with Crippen LogP contribution in [0.1, 0.15) is 18.1 Å². The van der Waals surface area contributed by atoms with Crippen molar-refractivity contribution in [3.63, 3.8) is 0 Å². The molecule has 0 saturated heterocycles. The number of hydrogen-bond donors (Lipinski definition) is 1. The molecule has 1 amide bonds. The first-order chi connectivity index (χ1) is 11.3. The highest BCUT2D eigenvalue weighted by Gasteiger charge is 2.22. The summed E-state index contributed by atoms with van der Waals surface area (Å²) in [5.41, 5.74) is 3.13. The molecule has 2 aromatic carbocycles. The zero-order valence-electron chi connectivity index (χ0n) is 14.1. The Morgan fingerprint density at radius 1 is 1.08 bits per heavy atom. The van der Waals surface area contributed by atoms with Crippen molar-refractivity contribution in [3.8, 4) is 0 Å². The van der Waals surface area contributed by atoms with Crippen molar-refractivity contribution in [2.75, 3.05) is 22.4 Å². The average molecular weight is 346 g/mol. The van der Waals surface area contributed by atoms with Crippen LogP contribution < -0.4 is 9.62 Å². The molecule has 0 aromatic heterocycles. The van der Waals surface area contributed by atoms with E-state index in [9.17, 15) is 13.2 Å². The highest BCUT2D eigenvalue weighted by Crippen LogP contribution is 2.22. The second-order valence-electron chi connectivity index (χ2n) is 5.65. The third-order valence-corrected chi connectivity index (χ3v) is 4.84. The minimum absolute atomic E-state index is 0.265. The quantitative estimate of drug-likeness (QED) is 0.874. The summed E-state index contributed by atoms with van der Waals surface area (Å²) in [7, 11) is -3.57. The van der Waals surface area contributed by atoms with E-state index < -0.39 is 10.0 Å². The number of sulfonamides is 1. The van der Waals surface area contributed by atoms with Gasteiger partial charge >= 0.3 is 0 Å². The lowest BCUT2D eigenvalue weighted by Gasteiger charge is -2.23. The van der Waals surface area contributed by atoms with E-state index in [4.69, 9.17) is 0 Å². The molecule has 0 saturated carbocycles. The number of anilines is 2. The smallest absolute Gasteiger partial charge is 0.245 e. The SMILES string of the molecule is CCc1ccc(NC(=O)CN(c2ccccc2C)S(C)(=O)=O)cc1. The Kier molecular flexibility index (Phi) is 5.62. The fraction of sp³-hybridized carbons (Fsp3) is 0.278. The van der Waals surface area contributed by atoms with Gasteiger partial charge in [-0.15, -0.1) is 0 Å². The molecule has 6 heteroatoms. The van der Waals surface area contributed by atoms with E-state index in [0.717, 1.165) is 22.5 Å². The van der Waals surface area contributed by atoms with Gasteiger partial charge in [0, 0.05) is 5.69 Å². The number of rotatable bonds is 6. The molecule has 0 bridgehead atoms. The van der Waals surface area contributed by atoms with Crippen molar-refractivity contribution in [2.24, 2.45) is 0 Å². The second-order valence-corrected chi connectivity index (χ2v) is 7.56. The molecule has 0 aliphatic rings. The van der Waals surface area contributed by atoms with Gasteiger partial charge in [0.25, 0.3) is 0 Å². The van der Waals surface area contributed by atoms with Crippen LogP contribution in [0.25, 0.3) is 0 Å². The number of aryl methyl sites for hydroxylation is 2. The highest BCUT2D eigenvalue weighted by molar-refractivity contribution is 7.92. The summed E-state index contributed by atoms with van der Waals surface area (Å²) in [5.74, 6) is -0.382. The van der Waals surface area contributed by atoms with Crippen LogP contribution in [0.15, 0.2) is 48.5 Å². The Morgan fingerprint density at radius 3 is 2.25 bits per heavy atom. The molecule has 1 N–H and O–H groups in total. The van der Waals surface area contributed by atoms with E-state index in [1.165, 1.54) is 5.56 Å². The molecule has 0 aliphatic heterocycles. The largest absolute Gasteiger partial charge is 0.325 e. The third kappa shape index (κ3) is 4.58. The van der Waals surface area contributed by atoms with Gasteiger partial charge in [0.05, 0.1) is 11.9 Å².